The maximum absolute atomic E-state index is 13.2. The Morgan fingerprint density at radius 1 is 1.12 bits per heavy atom. The molecule has 1 atom stereocenters. The minimum Gasteiger partial charge on any atom is -0.481 e. The number of nitrogens with zero attached hydrogens (tertiary/aromatic N) is 2. The van der Waals surface area contributed by atoms with Crippen LogP contribution in [0.3, 0.4) is 0 Å². The molecule has 0 saturated heterocycles. The molecule has 0 amide bonds. The minimum atomic E-state index is -0.153. The number of hydrogen-bond acceptors (Lipinski definition) is 5. The number of ether oxygens (including phenoxy) is 1. The van der Waals surface area contributed by atoms with Crippen LogP contribution in [0.15, 0.2) is 76.8 Å². The van der Waals surface area contributed by atoms with Crippen molar-refractivity contribution in [3.05, 3.63) is 104 Å². The molecule has 0 bridgehead atoms. The minimum absolute atomic E-state index is 0.0672. The van der Waals surface area contributed by atoms with Gasteiger partial charge < -0.3 is 15.1 Å². The number of hydrazone groups is 1. The summed E-state index contributed by atoms with van der Waals surface area (Å²) in [5.41, 5.74) is 8.11. The maximum atomic E-state index is 13.2. The van der Waals surface area contributed by atoms with Crippen molar-refractivity contribution in [2.24, 2.45) is 5.10 Å². The molecule has 0 fully saturated rings. The second kappa shape index (κ2) is 8.48. The number of benzene rings is 2. The number of rotatable bonds is 5. The van der Waals surface area contributed by atoms with Crippen molar-refractivity contribution < 1.29 is 4.74 Å². The Labute approximate surface area is 189 Å². The average Bonchev–Trinajstić information content (AvgIpc) is 3.30. The van der Waals surface area contributed by atoms with Gasteiger partial charge in [-0.3, -0.25) is 4.79 Å². The third kappa shape index (κ3) is 3.85. The molecule has 2 aromatic carbocycles. The molecule has 4 aromatic rings. The van der Waals surface area contributed by atoms with Gasteiger partial charge in [0.15, 0.2) is 0 Å². The second-order valence-electron chi connectivity index (χ2n) is 7.74. The van der Waals surface area contributed by atoms with Crippen LogP contribution in [-0.2, 0) is 6.42 Å². The number of aromatic amines is 1. The number of halogens is 1. The van der Waals surface area contributed by atoms with Crippen molar-refractivity contribution in [1.82, 2.24) is 15.4 Å². The predicted molar refractivity (Wildman–Crippen MR) is 127 cm³/mol. The molecule has 160 valence electrons. The van der Waals surface area contributed by atoms with Crippen LogP contribution in [0.25, 0.3) is 10.9 Å². The first-order valence-corrected chi connectivity index (χ1v) is 10.7. The fourth-order valence-corrected chi connectivity index (χ4v) is 4.30. The topological polar surface area (TPSA) is 79.4 Å². The van der Waals surface area contributed by atoms with Crippen LogP contribution in [-0.4, -0.2) is 22.8 Å². The largest absolute Gasteiger partial charge is 0.481 e. The van der Waals surface area contributed by atoms with E-state index in [-0.39, 0.29) is 11.6 Å². The lowest BCUT2D eigenvalue weighted by molar-refractivity contribution is 0.397. The summed E-state index contributed by atoms with van der Waals surface area (Å²) in [6.07, 6.45) is 2.94. The number of methoxy groups -OCH3 is 1. The molecule has 2 N–H and O–H groups in total. The van der Waals surface area contributed by atoms with E-state index >= 15 is 0 Å². The smallest absolute Gasteiger partial charge is 0.257 e. The first kappa shape index (κ1) is 20.3. The summed E-state index contributed by atoms with van der Waals surface area (Å²) in [6, 6.07) is 19.3. The van der Waals surface area contributed by atoms with E-state index in [0.717, 1.165) is 33.3 Å². The number of hydrogen-bond donors (Lipinski definition) is 2. The van der Waals surface area contributed by atoms with Crippen LogP contribution in [0, 0.1) is 0 Å². The first-order chi connectivity index (χ1) is 15.6. The fraction of sp³-hybridized carbons (Fsp3) is 0.160. The highest BCUT2D eigenvalue weighted by atomic mass is 35.5. The van der Waals surface area contributed by atoms with Gasteiger partial charge in [0.2, 0.25) is 5.88 Å². The van der Waals surface area contributed by atoms with E-state index in [1.807, 2.05) is 42.5 Å². The van der Waals surface area contributed by atoms with Crippen molar-refractivity contribution in [3.8, 4) is 5.88 Å². The lowest BCUT2D eigenvalue weighted by atomic mass is 9.92. The van der Waals surface area contributed by atoms with Crippen molar-refractivity contribution in [1.29, 1.82) is 0 Å². The molecule has 32 heavy (non-hydrogen) atoms. The van der Waals surface area contributed by atoms with Crippen LogP contribution in [0.5, 0.6) is 5.88 Å². The molecule has 0 spiro atoms. The monoisotopic (exact) mass is 444 g/mol. The maximum Gasteiger partial charge on any atom is 0.257 e. The van der Waals surface area contributed by atoms with Crippen LogP contribution in [0.1, 0.15) is 34.7 Å². The standard InChI is InChI=1S/C25H21ClN4O2/c1-32-23-10-7-16(14-27-23)21-13-22(30-29-21)24-19(11-15-5-3-2-4-6-15)18-12-17(26)8-9-20(18)28-25(24)31/h2-10,12,14,21,29H,11,13H2,1H3,(H,28,31). The molecular formula is C25H21ClN4O2. The van der Waals surface area contributed by atoms with Gasteiger partial charge in [-0.1, -0.05) is 41.9 Å². The molecule has 7 heteroatoms. The van der Waals surface area contributed by atoms with Crippen LogP contribution < -0.4 is 15.7 Å². The Balaban J connectivity index is 1.58. The Kier molecular flexibility index (Phi) is 5.37. The van der Waals surface area contributed by atoms with Gasteiger partial charge in [-0.25, -0.2) is 4.98 Å². The van der Waals surface area contributed by atoms with Gasteiger partial charge in [-0.15, -0.1) is 0 Å². The summed E-state index contributed by atoms with van der Waals surface area (Å²) in [4.78, 5) is 20.5. The molecule has 3 heterocycles. The lowest BCUT2D eigenvalue weighted by Gasteiger charge is -2.14. The van der Waals surface area contributed by atoms with E-state index in [1.165, 1.54) is 0 Å². The molecular weight excluding hydrogens is 424 g/mol. The van der Waals surface area contributed by atoms with Crippen molar-refractivity contribution in [2.45, 2.75) is 18.9 Å². The normalized spacial score (nSPS) is 15.4. The van der Waals surface area contributed by atoms with Crippen LogP contribution in [0.2, 0.25) is 5.02 Å². The number of nitrogens with one attached hydrogen (secondary N) is 2. The molecule has 1 aliphatic rings. The number of aromatic nitrogens is 2. The van der Waals surface area contributed by atoms with E-state index in [4.69, 9.17) is 16.3 Å². The summed E-state index contributed by atoms with van der Waals surface area (Å²) >= 11 is 6.32. The highest BCUT2D eigenvalue weighted by Gasteiger charge is 2.26. The lowest BCUT2D eigenvalue weighted by Crippen LogP contribution is -2.21. The SMILES string of the molecule is COc1ccc(C2CC(c3c(Cc4ccccc4)c4cc(Cl)ccc4[nH]c3=O)=NN2)cn1. The quantitative estimate of drug-likeness (QED) is 0.471. The summed E-state index contributed by atoms with van der Waals surface area (Å²) < 4.78 is 5.14. The number of pyridine rings is 2. The van der Waals surface area contributed by atoms with Gasteiger partial charge in [0, 0.05) is 34.6 Å². The van der Waals surface area contributed by atoms with Crippen LogP contribution >= 0.6 is 11.6 Å². The zero-order valence-corrected chi connectivity index (χ0v) is 18.2. The van der Waals surface area contributed by atoms with Gasteiger partial charge in [0.1, 0.15) is 0 Å². The number of fused-ring (bicyclic) bond motifs is 1. The average molecular weight is 445 g/mol. The molecule has 0 saturated carbocycles. The molecule has 0 aliphatic carbocycles. The Morgan fingerprint density at radius 3 is 2.72 bits per heavy atom. The Bertz CT molecular complexity index is 1360. The Morgan fingerprint density at radius 2 is 1.97 bits per heavy atom. The van der Waals surface area contributed by atoms with Gasteiger partial charge in [0.05, 0.1) is 24.4 Å². The number of H-pyrrole nitrogens is 1. The first-order valence-electron chi connectivity index (χ1n) is 10.3. The Hall–Kier alpha value is -3.64. The third-order valence-corrected chi connectivity index (χ3v) is 5.95. The van der Waals surface area contributed by atoms with Gasteiger partial charge in [-0.05, 0) is 47.4 Å². The fourth-order valence-electron chi connectivity index (χ4n) is 4.13. The van der Waals surface area contributed by atoms with E-state index in [9.17, 15) is 4.79 Å². The van der Waals surface area contributed by atoms with E-state index < -0.39 is 0 Å². The molecule has 0 radical (unpaired) electrons. The van der Waals surface area contributed by atoms with Crippen molar-refractivity contribution in [3.63, 3.8) is 0 Å². The zero-order chi connectivity index (χ0) is 22.1. The molecule has 1 aliphatic heterocycles. The zero-order valence-electron chi connectivity index (χ0n) is 17.4. The van der Waals surface area contributed by atoms with Crippen molar-refractivity contribution >= 4 is 28.2 Å². The highest BCUT2D eigenvalue weighted by Crippen LogP contribution is 2.29. The second-order valence-corrected chi connectivity index (χ2v) is 8.17. The highest BCUT2D eigenvalue weighted by molar-refractivity contribution is 6.31. The van der Waals surface area contributed by atoms with Gasteiger partial charge >= 0.3 is 0 Å². The van der Waals surface area contributed by atoms with Crippen molar-refractivity contribution in [2.75, 3.05) is 7.11 Å². The molecule has 2 aromatic heterocycles. The molecule has 5 rings (SSSR count). The van der Waals surface area contributed by atoms with E-state index in [2.05, 4.69) is 32.6 Å². The van der Waals surface area contributed by atoms with Gasteiger partial charge in [0.25, 0.3) is 5.56 Å². The molecule has 6 nitrogen and oxygen atoms in total. The predicted octanol–water partition coefficient (Wildman–Crippen LogP) is 4.61. The summed E-state index contributed by atoms with van der Waals surface area (Å²) in [6.45, 7) is 0. The van der Waals surface area contributed by atoms with Crippen LogP contribution in [0.4, 0.5) is 0 Å². The van der Waals surface area contributed by atoms with E-state index in [0.29, 0.717) is 29.3 Å². The molecule has 1 unspecified atom stereocenters. The summed E-state index contributed by atoms with van der Waals surface area (Å²) in [5.74, 6) is 0.556. The summed E-state index contributed by atoms with van der Waals surface area (Å²) in [7, 11) is 1.59. The van der Waals surface area contributed by atoms with E-state index in [1.54, 1.807) is 19.4 Å². The summed E-state index contributed by atoms with van der Waals surface area (Å²) in [5, 5.41) is 6.10. The van der Waals surface area contributed by atoms with Gasteiger partial charge in [-0.2, -0.15) is 5.10 Å². The third-order valence-electron chi connectivity index (χ3n) is 5.72.